The Morgan fingerprint density at radius 1 is 1.12 bits per heavy atom. The molecule has 0 saturated heterocycles. The van der Waals surface area contributed by atoms with Crippen LogP contribution in [0.2, 0.25) is 5.02 Å². The fourth-order valence-corrected chi connectivity index (χ4v) is 3.90. The summed E-state index contributed by atoms with van der Waals surface area (Å²) in [5, 5.41) is 31.8. The SMILES string of the molecule is CC(O)(C(=O)Nc1ccc(S(=O)(=O)c2ccc(NCC(O)CO)cc2)cc1Cl)C(F)(F)F. The van der Waals surface area contributed by atoms with Crippen LogP contribution in [0, 0.1) is 0 Å². The van der Waals surface area contributed by atoms with Gasteiger partial charge in [-0.15, -0.1) is 0 Å². The summed E-state index contributed by atoms with van der Waals surface area (Å²) < 4.78 is 63.9. The van der Waals surface area contributed by atoms with Crippen molar-refractivity contribution in [3.8, 4) is 0 Å². The smallest absolute Gasteiger partial charge is 0.394 e. The van der Waals surface area contributed by atoms with Crippen LogP contribution in [0.4, 0.5) is 24.5 Å². The first-order valence-electron chi connectivity index (χ1n) is 8.98. The van der Waals surface area contributed by atoms with E-state index in [1.165, 1.54) is 24.3 Å². The van der Waals surface area contributed by atoms with Gasteiger partial charge >= 0.3 is 6.18 Å². The third-order valence-electron chi connectivity index (χ3n) is 4.41. The average molecular weight is 497 g/mol. The number of sulfone groups is 1. The second-order valence-electron chi connectivity index (χ2n) is 6.91. The van der Waals surface area contributed by atoms with Crippen LogP contribution in [-0.4, -0.2) is 60.7 Å². The second-order valence-corrected chi connectivity index (χ2v) is 9.27. The topological polar surface area (TPSA) is 136 Å². The van der Waals surface area contributed by atoms with E-state index >= 15 is 0 Å². The number of halogens is 4. The number of aliphatic hydroxyl groups is 3. The number of hydrogen-bond acceptors (Lipinski definition) is 7. The number of aliphatic hydroxyl groups excluding tert-OH is 2. The Morgan fingerprint density at radius 2 is 1.69 bits per heavy atom. The molecule has 0 bridgehead atoms. The van der Waals surface area contributed by atoms with Crippen molar-refractivity contribution in [2.75, 3.05) is 23.8 Å². The molecule has 32 heavy (non-hydrogen) atoms. The van der Waals surface area contributed by atoms with Crippen LogP contribution in [0.25, 0.3) is 0 Å². The lowest BCUT2D eigenvalue weighted by Crippen LogP contribution is -2.52. The van der Waals surface area contributed by atoms with E-state index in [2.05, 4.69) is 5.32 Å². The molecule has 0 fully saturated rings. The fraction of sp³-hybridized carbons (Fsp3) is 0.316. The quantitative estimate of drug-likeness (QED) is 0.378. The molecule has 5 N–H and O–H groups in total. The average Bonchev–Trinajstić information content (AvgIpc) is 2.72. The number of alkyl halides is 3. The zero-order valence-corrected chi connectivity index (χ0v) is 18.1. The predicted molar refractivity (Wildman–Crippen MR) is 110 cm³/mol. The molecule has 0 heterocycles. The number of amides is 1. The van der Waals surface area contributed by atoms with Gasteiger partial charge < -0.3 is 26.0 Å². The Balaban J connectivity index is 2.22. The Kier molecular flexibility index (Phi) is 7.79. The molecule has 1 amide bonds. The lowest BCUT2D eigenvalue weighted by Gasteiger charge is -2.25. The molecule has 2 aromatic rings. The summed E-state index contributed by atoms with van der Waals surface area (Å²) in [5.41, 5.74) is -3.50. The highest BCUT2D eigenvalue weighted by Gasteiger charge is 2.55. The Morgan fingerprint density at radius 3 is 2.19 bits per heavy atom. The summed E-state index contributed by atoms with van der Waals surface area (Å²) in [6.45, 7) is -0.116. The fourth-order valence-electron chi connectivity index (χ4n) is 2.33. The maximum Gasteiger partial charge on any atom is 0.426 e. The molecule has 0 aromatic heterocycles. The van der Waals surface area contributed by atoms with Gasteiger partial charge in [-0.1, -0.05) is 11.6 Å². The van der Waals surface area contributed by atoms with E-state index in [1.54, 1.807) is 0 Å². The van der Waals surface area contributed by atoms with Crippen molar-refractivity contribution >= 4 is 38.7 Å². The van der Waals surface area contributed by atoms with Gasteiger partial charge in [-0.2, -0.15) is 13.2 Å². The van der Waals surface area contributed by atoms with Crippen LogP contribution < -0.4 is 10.6 Å². The number of carbonyl (C=O) groups is 1. The van der Waals surface area contributed by atoms with Gasteiger partial charge in [-0.3, -0.25) is 4.79 Å². The summed E-state index contributed by atoms with van der Waals surface area (Å²) >= 11 is 5.95. The molecule has 0 spiro atoms. The van der Waals surface area contributed by atoms with E-state index in [1.807, 2.05) is 5.32 Å². The highest BCUT2D eigenvalue weighted by atomic mass is 35.5. The van der Waals surface area contributed by atoms with Crippen LogP contribution in [-0.2, 0) is 14.6 Å². The first-order valence-corrected chi connectivity index (χ1v) is 10.8. The number of rotatable bonds is 8. The summed E-state index contributed by atoms with van der Waals surface area (Å²) in [7, 11) is -4.05. The van der Waals surface area contributed by atoms with Gasteiger partial charge in [0, 0.05) is 12.2 Å². The standard InChI is InChI=1S/C19H20ClF3N2O6S/c1-18(29,19(21,22)23)17(28)25-16-7-6-14(8-15(16)20)32(30,31)13-4-2-11(3-5-13)24-9-12(27)10-26/h2-8,12,24,26-27,29H,9-10H2,1H3,(H,25,28). The first-order chi connectivity index (χ1) is 14.7. The summed E-state index contributed by atoms with van der Waals surface area (Å²) in [5.74, 6) is -1.78. The van der Waals surface area contributed by atoms with Crippen LogP contribution in [0.15, 0.2) is 52.3 Å². The molecule has 0 aliphatic carbocycles. The third kappa shape index (κ3) is 5.70. The van der Waals surface area contributed by atoms with Crippen LogP contribution >= 0.6 is 11.6 Å². The van der Waals surface area contributed by atoms with E-state index in [0.29, 0.717) is 5.69 Å². The molecule has 0 radical (unpaired) electrons. The first kappa shape index (κ1) is 25.9. The minimum Gasteiger partial charge on any atom is -0.394 e. The molecular formula is C19H20ClF3N2O6S. The number of hydrogen-bond donors (Lipinski definition) is 5. The highest BCUT2D eigenvalue weighted by molar-refractivity contribution is 7.91. The molecule has 2 aromatic carbocycles. The van der Waals surface area contributed by atoms with Crippen molar-refractivity contribution in [2.24, 2.45) is 0 Å². The summed E-state index contributed by atoms with van der Waals surface area (Å²) in [6, 6.07) is 8.45. The number of nitrogens with one attached hydrogen (secondary N) is 2. The molecule has 13 heteroatoms. The van der Waals surface area contributed by atoms with E-state index in [9.17, 15) is 36.6 Å². The van der Waals surface area contributed by atoms with Gasteiger partial charge in [0.25, 0.3) is 5.91 Å². The van der Waals surface area contributed by atoms with E-state index < -0.39 is 40.2 Å². The predicted octanol–water partition coefficient (Wildman–Crippen LogP) is 2.19. The lowest BCUT2D eigenvalue weighted by molar-refractivity contribution is -0.242. The van der Waals surface area contributed by atoms with Gasteiger partial charge in [-0.25, -0.2) is 8.42 Å². The maximum absolute atomic E-state index is 12.8. The minimum absolute atomic E-state index is 0.0482. The van der Waals surface area contributed by atoms with Crippen molar-refractivity contribution in [2.45, 2.75) is 34.6 Å². The molecule has 2 unspecified atom stereocenters. The van der Waals surface area contributed by atoms with Crippen LogP contribution in [0.1, 0.15) is 6.92 Å². The van der Waals surface area contributed by atoms with Crippen molar-refractivity contribution in [3.05, 3.63) is 47.5 Å². The second kappa shape index (κ2) is 9.63. The number of anilines is 2. The maximum atomic E-state index is 12.8. The highest BCUT2D eigenvalue weighted by Crippen LogP contribution is 2.33. The zero-order valence-electron chi connectivity index (χ0n) is 16.5. The molecule has 0 saturated carbocycles. The number of benzene rings is 2. The van der Waals surface area contributed by atoms with E-state index in [-0.39, 0.29) is 34.0 Å². The zero-order chi connectivity index (χ0) is 24.3. The van der Waals surface area contributed by atoms with Gasteiger partial charge in [0.15, 0.2) is 0 Å². The van der Waals surface area contributed by atoms with Crippen LogP contribution in [0.5, 0.6) is 0 Å². The molecule has 176 valence electrons. The van der Waals surface area contributed by atoms with Crippen molar-refractivity contribution < 1.29 is 41.7 Å². The summed E-state index contributed by atoms with van der Waals surface area (Å²) in [6.07, 6.45) is -6.22. The Hall–Kier alpha value is -2.38. The molecule has 0 aliphatic rings. The number of carbonyl (C=O) groups excluding carboxylic acids is 1. The molecule has 2 atom stereocenters. The minimum atomic E-state index is -5.23. The van der Waals surface area contributed by atoms with E-state index in [4.69, 9.17) is 16.7 Å². The third-order valence-corrected chi connectivity index (χ3v) is 6.49. The van der Waals surface area contributed by atoms with E-state index in [0.717, 1.165) is 18.2 Å². The molecule has 0 aliphatic heterocycles. The van der Waals surface area contributed by atoms with Gasteiger partial charge in [0.1, 0.15) is 0 Å². The molecule has 2 rings (SSSR count). The van der Waals surface area contributed by atoms with Crippen molar-refractivity contribution in [3.63, 3.8) is 0 Å². The monoisotopic (exact) mass is 496 g/mol. The lowest BCUT2D eigenvalue weighted by atomic mass is 10.1. The van der Waals surface area contributed by atoms with Gasteiger partial charge in [0.05, 0.1) is 33.2 Å². The normalized spacial score (nSPS) is 15.0. The van der Waals surface area contributed by atoms with Crippen molar-refractivity contribution in [1.29, 1.82) is 0 Å². The Bertz CT molecular complexity index is 1080. The largest absolute Gasteiger partial charge is 0.426 e. The molecular weight excluding hydrogens is 477 g/mol. The Labute approximate surface area is 186 Å². The molecule has 8 nitrogen and oxygen atoms in total. The van der Waals surface area contributed by atoms with Crippen LogP contribution in [0.3, 0.4) is 0 Å². The van der Waals surface area contributed by atoms with Gasteiger partial charge in [-0.05, 0) is 49.4 Å². The van der Waals surface area contributed by atoms with Gasteiger partial charge in [0.2, 0.25) is 15.4 Å². The van der Waals surface area contributed by atoms with Crippen molar-refractivity contribution in [1.82, 2.24) is 0 Å². The summed E-state index contributed by atoms with van der Waals surface area (Å²) in [4.78, 5) is 11.4.